The Morgan fingerprint density at radius 1 is 1.32 bits per heavy atom. The molecule has 0 amide bonds. The highest BCUT2D eigenvalue weighted by molar-refractivity contribution is 7.92. The van der Waals surface area contributed by atoms with E-state index in [0.29, 0.717) is 5.92 Å². The van der Waals surface area contributed by atoms with E-state index >= 15 is 0 Å². The van der Waals surface area contributed by atoms with E-state index in [1.54, 1.807) is 0 Å². The van der Waals surface area contributed by atoms with Gasteiger partial charge in [0.05, 0.1) is 4.75 Å². The molecule has 5 heteroatoms. The van der Waals surface area contributed by atoms with Crippen LogP contribution in [0, 0.1) is 5.92 Å². The van der Waals surface area contributed by atoms with Crippen LogP contribution in [-0.2, 0) is 14.6 Å². The van der Waals surface area contributed by atoms with Crippen LogP contribution in [0.2, 0.25) is 0 Å². The Labute approximate surface area is 118 Å². The van der Waals surface area contributed by atoms with Gasteiger partial charge in [-0.2, -0.15) is 0 Å². The third-order valence-corrected chi connectivity index (χ3v) is 6.54. The molecule has 1 rings (SSSR count). The van der Waals surface area contributed by atoms with Crippen molar-refractivity contribution in [3.8, 4) is 0 Å². The van der Waals surface area contributed by atoms with Gasteiger partial charge >= 0.3 is 0 Å². The molecule has 0 radical (unpaired) electrons. The average molecular weight is 291 g/mol. The number of hydrogen-bond acceptors (Lipinski definition) is 4. The molecule has 1 N–H and O–H groups in total. The van der Waals surface area contributed by atoms with Crippen LogP contribution in [0.1, 0.15) is 46.5 Å². The van der Waals surface area contributed by atoms with E-state index in [0.717, 1.165) is 45.4 Å². The number of nitrogens with one attached hydrogen (secondary N) is 1. The second-order valence-electron chi connectivity index (χ2n) is 6.17. The first-order valence-corrected chi connectivity index (χ1v) is 9.19. The van der Waals surface area contributed by atoms with Crippen LogP contribution in [0.15, 0.2) is 0 Å². The first-order chi connectivity index (χ1) is 8.79. The third kappa shape index (κ3) is 4.72. The maximum Gasteiger partial charge on any atom is 0.154 e. The Balaban J connectivity index is 2.75. The van der Waals surface area contributed by atoms with Crippen molar-refractivity contribution < 1.29 is 13.2 Å². The van der Waals surface area contributed by atoms with Crippen molar-refractivity contribution in [3.05, 3.63) is 0 Å². The second-order valence-corrected chi connectivity index (χ2v) is 8.77. The minimum absolute atomic E-state index is 0.0190. The Morgan fingerprint density at radius 2 is 1.89 bits per heavy atom. The Kier molecular flexibility index (Phi) is 6.27. The maximum atomic E-state index is 12.0. The van der Waals surface area contributed by atoms with Gasteiger partial charge in [-0.1, -0.05) is 6.92 Å². The van der Waals surface area contributed by atoms with Gasteiger partial charge in [-0.3, -0.25) is 0 Å². The zero-order valence-corrected chi connectivity index (χ0v) is 13.6. The highest BCUT2D eigenvalue weighted by atomic mass is 32.2. The van der Waals surface area contributed by atoms with Gasteiger partial charge in [-0.25, -0.2) is 8.42 Å². The maximum absolute atomic E-state index is 12.0. The molecule has 1 atom stereocenters. The normalized spacial score (nSPS) is 20.4. The summed E-state index contributed by atoms with van der Waals surface area (Å²) in [7, 11) is -3.08. The fraction of sp³-hybridized carbons (Fsp3) is 1.00. The Morgan fingerprint density at radius 3 is 2.37 bits per heavy atom. The van der Waals surface area contributed by atoms with E-state index in [-0.39, 0.29) is 6.04 Å². The molecule has 0 aromatic rings. The van der Waals surface area contributed by atoms with E-state index in [1.807, 2.05) is 13.8 Å². The number of rotatable bonds is 7. The summed E-state index contributed by atoms with van der Waals surface area (Å²) >= 11 is 0. The molecule has 1 saturated heterocycles. The van der Waals surface area contributed by atoms with Gasteiger partial charge in [-0.05, 0) is 52.0 Å². The summed E-state index contributed by atoms with van der Waals surface area (Å²) in [5.74, 6) is 0.573. The molecule has 0 spiro atoms. The van der Waals surface area contributed by atoms with Gasteiger partial charge in [0.15, 0.2) is 9.84 Å². The number of ether oxygens (including phenoxy) is 1. The lowest BCUT2D eigenvalue weighted by Crippen LogP contribution is -2.52. The molecule has 1 unspecified atom stereocenters. The second kappa shape index (κ2) is 7.04. The van der Waals surface area contributed by atoms with Crippen LogP contribution >= 0.6 is 0 Å². The van der Waals surface area contributed by atoms with E-state index in [2.05, 4.69) is 12.2 Å². The van der Waals surface area contributed by atoms with Crippen molar-refractivity contribution in [2.75, 3.05) is 26.0 Å². The molecule has 19 heavy (non-hydrogen) atoms. The molecule has 1 aliphatic heterocycles. The summed E-state index contributed by atoms with van der Waals surface area (Å²) in [5.41, 5.74) is 0. The van der Waals surface area contributed by atoms with Gasteiger partial charge in [-0.15, -0.1) is 0 Å². The SMILES string of the molecule is CCCNC(CC1CCOCC1)C(C)(C)S(C)(=O)=O. The lowest BCUT2D eigenvalue weighted by atomic mass is 9.87. The quantitative estimate of drug-likeness (QED) is 0.779. The van der Waals surface area contributed by atoms with Gasteiger partial charge < -0.3 is 10.1 Å². The minimum atomic E-state index is -3.08. The molecule has 0 aromatic carbocycles. The smallest absolute Gasteiger partial charge is 0.154 e. The van der Waals surface area contributed by atoms with Crippen molar-refractivity contribution >= 4 is 9.84 Å². The molecular formula is C14H29NO3S. The highest BCUT2D eigenvalue weighted by Gasteiger charge is 2.39. The van der Waals surface area contributed by atoms with Gasteiger partial charge in [0, 0.05) is 25.5 Å². The lowest BCUT2D eigenvalue weighted by molar-refractivity contribution is 0.0592. The zero-order chi connectivity index (χ0) is 14.5. The van der Waals surface area contributed by atoms with Crippen LogP contribution in [0.4, 0.5) is 0 Å². The molecule has 4 nitrogen and oxygen atoms in total. The minimum Gasteiger partial charge on any atom is -0.381 e. The highest BCUT2D eigenvalue weighted by Crippen LogP contribution is 2.29. The molecule has 1 fully saturated rings. The predicted octanol–water partition coefficient (Wildman–Crippen LogP) is 1.99. The van der Waals surface area contributed by atoms with Crippen molar-refractivity contribution in [2.24, 2.45) is 5.92 Å². The monoisotopic (exact) mass is 291 g/mol. The third-order valence-electron chi connectivity index (χ3n) is 4.35. The number of hydrogen-bond donors (Lipinski definition) is 1. The molecule has 1 aliphatic rings. The summed E-state index contributed by atoms with van der Waals surface area (Å²) < 4.78 is 28.7. The zero-order valence-electron chi connectivity index (χ0n) is 12.7. The molecule has 114 valence electrons. The van der Waals surface area contributed by atoms with Gasteiger partial charge in [0.2, 0.25) is 0 Å². The fourth-order valence-corrected chi connectivity index (χ4v) is 3.20. The van der Waals surface area contributed by atoms with Crippen LogP contribution in [-0.4, -0.2) is 45.2 Å². The van der Waals surface area contributed by atoms with Crippen LogP contribution in [0.3, 0.4) is 0 Å². The van der Waals surface area contributed by atoms with Crippen LogP contribution in [0.5, 0.6) is 0 Å². The molecule has 0 aliphatic carbocycles. The van der Waals surface area contributed by atoms with Crippen molar-refractivity contribution in [1.29, 1.82) is 0 Å². The van der Waals surface area contributed by atoms with Crippen molar-refractivity contribution in [1.82, 2.24) is 5.32 Å². The fourth-order valence-electron chi connectivity index (χ4n) is 2.51. The Bertz CT molecular complexity index is 359. The molecular weight excluding hydrogens is 262 g/mol. The summed E-state index contributed by atoms with van der Waals surface area (Å²) in [6, 6.07) is 0.0190. The van der Waals surface area contributed by atoms with E-state index < -0.39 is 14.6 Å². The summed E-state index contributed by atoms with van der Waals surface area (Å²) in [5, 5.41) is 3.44. The van der Waals surface area contributed by atoms with Gasteiger partial charge in [0.1, 0.15) is 0 Å². The van der Waals surface area contributed by atoms with Crippen molar-refractivity contribution in [2.45, 2.75) is 57.2 Å². The van der Waals surface area contributed by atoms with E-state index in [1.165, 1.54) is 6.26 Å². The topological polar surface area (TPSA) is 55.4 Å². The van der Waals surface area contributed by atoms with E-state index in [4.69, 9.17) is 4.74 Å². The summed E-state index contributed by atoms with van der Waals surface area (Å²) in [6.07, 6.45) is 5.37. The predicted molar refractivity (Wildman–Crippen MR) is 79.2 cm³/mol. The van der Waals surface area contributed by atoms with Gasteiger partial charge in [0.25, 0.3) is 0 Å². The average Bonchev–Trinajstić information content (AvgIpc) is 2.34. The summed E-state index contributed by atoms with van der Waals surface area (Å²) in [6.45, 7) is 8.28. The standard InChI is InChI=1S/C14H29NO3S/c1-5-8-15-13(14(2,3)19(4,16)17)11-12-6-9-18-10-7-12/h12-13,15H,5-11H2,1-4H3. The molecule has 0 bridgehead atoms. The first-order valence-electron chi connectivity index (χ1n) is 7.29. The lowest BCUT2D eigenvalue weighted by Gasteiger charge is -2.36. The van der Waals surface area contributed by atoms with Crippen LogP contribution < -0.4 is 5.32 Å². The first kappa shape index (κ1) is 16.9. The summed E-state index contributed by atoms with van der Waals surface area (Å²) in [4.78, 5) is 0. The largest absolute Gasteiger partial charge is 0.381 e. The van der Waals surface area contributed by atoms with Crippen molar-refractivity contribution in [3.63, 3.8) is 0 Å². The molecule has 0 aromatic heterocycles. The number of sulfone groups is 1. The molecule has 1 heterocycles. The molecule has 0 saturated carbocycles. The van der Waals surface area contributed by atoms with Crippen LogP contribution in [0.25, 0.3) is 0 Å². The Hall–Kier alpha value is -0.130. The van der Waals surface area contributed by atoms with E-state index in [9.17, 15) is 8.42 Å².